The summed E-state index contributed by atoms with van der Waals surface area (Å²) in [5.41, 5.74) is 1.27. The van der Waals surface area contributed by atoms with Gasteiger partial charge in [-0.25, -0.2) is 0 Å². The molecule has 2 heterocycles. The molecule has 3 unspecified atom stereocenters. The Kier molecular flexibility index (Phi) is 4.15. The first kappa shape index (κ1) is 14.4. The summed E-state index contributed by atoms with van der Waals surface area (Å²) in [7, 11) is 0. The van der Waals surface area contributed by atoms with E-state index in [1.54, 1.807) is 0 Å². The van der Waals surface area contributed by atoms with Crippen molar-refractivity contribution in [2.75, 3.05) is 19.7 Å². The van der Waals surface area contributed by atoms with Crippen LogP contribution in [0.3, 0.4) is 0 Å². The third kappa shape index (κ3) is 2.91. The Hall–Kier alpha value is -1.55. The van der Waals surface area contributed by atoms with Crippen molar-refractivity contribution < 1.29 is 14.6 Å². The topological polar surface area (TPSA) is 49.8 Å². The van der Waals surface area contributed by atoms with Crippen LogP contribution >= 0.6 is 0 Å². The largest absolute Gasteiger partial charge is 0.493 e. The van der Waals surface area contributed by atoms with Crippen LogP contribution in [-0.2, 0) is 4.79 Å². The van der Waals surface area contributed by atoms with Crippen LogP contribution in [0.15, 0.2) is 24.3 Å². The van der Waals surface area contributed by atoms with Crippen LogP contribution in [0.25, 0.3) is 0 Å². The van der Waals surface area contributed by atoms with Gasteiger partial charge in [-0.3, -0.25) is 9.69 Å². The first-order chi connectivity index (χ1) is 10.2. The average molecular weight is 289 g/mol. The Balaban J connectivity index is 1.73. The fourth-order valence-electron chi connectivity index (χ4n) is 3.69. The highest BCUT2D eigenvalue weighted by atomic mass is 16.5. The summed E-state index contributed by atoms with van der Waals surface area (Å²) >= 11 is 0. The van der Waals surface area contributed by atoms with Gasteiger partial charge >= 0.3 is 5.97 Å². The molecule has 1 N–H and O–H groups in total. The van der Waals surface area contributed by atoms with Crippen LogP contribution in [0.4, 0.5) is 0 Å². The maximum Gasteiger partial charge on any atom is 0.308 e. The number of benzene rings is 1. The fourth-order valence-corrected chi connectivity index (χ4v) is 3.69. The van der Waals surface area contributed by atoms with E-state index in [4.69, 9.17) is 4.74 Å². The van der Waals surface area contributed by atoms with Crippen molar-refractivity contribution in [2.45, 2.75) is 38.1 Å². The van der Waals surface area contributed by atoms with Crippen molar-refractivity contribution in [1.29, 1.82) is 0 Å². The Bertz CT molecular complexity index is 517. The number of hydrogen-bond donors (Lipinski definition) is 1. The third-order valence-electron chi connectivity index (χ3n) is 4.97. The lowest BCUT2D eigenvalue weighted by molar-refractivity contribution is -0.145. The maximum atomic E-state index is 11.4. The molecule has 4 nitrogen and oxygen atoms in total. The average Bonchev–Trinajstić information content (AvgIpc) is 2.49. The second-order valence-electron chi connectivity index (χ2n) is 6.19. The molecule has 1 saturated heterocycles. The zero-order chi connectivity index (χ0) is 14.8. The number of ether oxygens (including phenoxy) is 1. The number of fused-ring (bicyclic) bond motifs is 1. The first-order valence-corrected chi connectivity index (χ1v) is 7.85. The van der Waals surface area contributed by atoms with Gasteiger partial charge in [0.1, 0.15) is 5.75 Å². The molecule has 21 heavy (non-hydrogen) atoms. The standard InChI is InChI=1S/C17H23NO3/c1-12-14(17(19)20)6-4-9-18(12)11-13-8-10-21-16-7-3-2-5-15(13)16/h2-3,5,7,12-14H,4,6,8-11H2,1H3,(H,19,20). The van der Waals surface area contributed by atoms with Gasteiger partial charge in [-0.2, -0.15) is 0 Å². The Morgan fingerprint density at radius 1 is 1.38 bits per heavy atom. The predicted octanol–water partition coefficient (Wildman–Crippen LogP) is 2.74. The highest BCUT2D eigenvalue weighted by Crippen LogP contribution is 2.35. The van der Waals surface area contributed by atoms with Gasteiger partial charge in [0.05, 0.1) is 12.5 Å². The molecule has 0 amide bonds. The van der Waals surface area contributed by atoms with Crippen LogP contribution in [0.1, 0.15) is 37.7 Å². The number of likely N-dealkylation sites (tertiary alicyclic amines) is 1. The summed E-state index contributed by atoms with van der Waals surface area (Å²) in [6, 6.07) is 8.35. The van der Waals surface area contributed by atoms with E-state index < -0.39 is 5.97 Å². The predicted molar refractivity (Wildman–Crippen MR) is 80.7 cm³/mol. The van der Waals surface area contributed by atoms with E-state index >= 15 is 0 Å². The number of nitrogens with zero attached hydrogens (tertiary/aromatic N) is 1. The monoisotopic (exact) mass is 289 g/mol. The van der Waals surface area contributed by atoms with Crippen LogP contribution in [0, 0.1) is 5.92 Å². The second-order valence-corrected chi connectivity index (χ2v) is 6.19. The highest BCUT2D eigenvalue weighted by molar-refractivity contribution is 5.71. The molecule has 2 aliphatic heterocycles. The van der Waals surface area contributed by atoms with Crippen molar-refractivity contribution in [3.63, 3.8) is 0 Å². The van der Waals surface area contributed by atoms with E-state index in [0.29, 0.717) is 5.92 Å². The number of carboxylic acid groups (broad SMARTS) is 1. The number of carbonyl (C=O) groups is 1. The molecule has 2 aliphatic rings. The van der Waals surface area contributed by atoms with Crippen LogP contribution in [0.5, 0.6) is 5.75 Å². The molecular weight excluding hydrogens is 266 g/mol. The molecule has 4 heteroatoms. The summed E-state index contributed by atoms with van der Waals surface area (Å²) < 4.78 is 5.72. The van der Waals surface area contributed by atoms with E-state index in [1.807, 2.05) is 12.1 Å². The summed E-state index contributed by atoms with van der Waals surface area (Å²) in [5, 5.41) is 9.34. The van der Waals surface area contributed by atoms with Gasteiger partial charge in [-0.15, -0.1) is 0 Å². The van der Waals surface area contributed by atoms with Crippen molar-refractivity contribution >= 4 is 5.97 Å². The molecule has 0 saturated carbocycles. The van der Waals surface area contributed by atoms with Crippen molar-refractivity contribution in [1.82, 2.24) is 4.90 Å². The lowest BCUT2D eigenvalue weighted by Crippen LogP contribution is -2.48. The minimum Gasteiger partial charge on any atom is -0.493 e. The van der Waals surface area contributed by atoms with E-state index in [1.165, 1.54) is 5.56 Å². The minimum atomic E-state index is -0.653. The first-order valence-electron chi connectivity index (χ1n) is 7.85. The number of carboxylic acids is 1. The molecule has 0 spiro atoms. The molecule has 114 valence electrons. The maximum absolute atomic E-state index is 11.4. The Labute approximate surface area is 125 Å². The lowest BCUT2D eigenvalue weighted by atomic mass is 9.87. The second kappa shape index (κ2) is 6.06. The summed E-state index contributed by atoms with van der Waals surface area (Å²) in [5.74, 6) is 0.562. The molecular formula is C17H23NO3. The zero-order valence-electron chi connectivity index (χ0n) is 12.5. The molecule has 0 bridgehead atoms. The normalized spacial score (nSPS) is 29.5. The Morgan fingerprint density at radius 3 is 3.00 bits per heavy atom. The summed E-state index contributed by atoms with van der Waals surface area (Å²) in [4.78, 5) is 13.7. The number of rotatable bonds is 3. The molecule has 0 aliphatic carbocycles. The fraction of sp³-hybridized carbons (Fsp3) is 0.588. The van der Waals surface area contributed by atoms with E-state index in [2.05, 4.69) is 24.0 Å². The number of hydrogen-bond acceptors (Lipinski definition) is 3. The van der Waals surface area contributed by atoms with Gasteiger partial charge in [0, 0.05) is 18.5 Å². The third-order valence-corrected chi connectivity index (χ3v) is 4.97. The number of para-hydroxylation sites is 1. The Morgan fingerprint density at radius 2 is 2.19 bits per heavy atom. The molecule has 1 aromatic rings. The molecule has 1 aromatic carbocycles. The number of aliphatic carboxylic acids is 1. The molecule has 3 rings (SSSR count). The molecule has 1 fully saturated rings. The molecule has 3 atom stereocenters. The van der Waals surface area contributed by atoms with Crippen LogP contribution < -0.4 is 4.74 Å². The van der Waals surface area contributed by atoms with E-state index in [9.17, 15) is 9.90 Å². The van der Waals surface area contributed by atoms with E-state index in [-0.39, 0.29) is 12.0 Å². The van der Waals surface area contributed by atoms with Crippen LogP contribution in [0.2, 0.25) is 0 Å². The van der Waals surface area contributed by atoms with Gasteiger partial charge in [-0.1, -0.05) is 18.2 Å². The molecule has 0 radical (unpaired) electrons. The molecule has 0 aromatic heterocycles. The van der Waals surface area contributed by atoms with Crippen LogP contribution in [-0.4, -0.2) is 41.7 Å². The quantitative estimate of drug-likeness (QED) is 0.929. The van der Waals surface area contributed by atoms with Gasteiger partial charge in [0.15, 0.2) is 0 Å². The summed E-state index contributed by atoms with van der Waals surface area (Å²) in [6.07, 6.45) is 2.79. The number of piperidine rings is 1. The highest BCUT2D eigenvalue weighted by Gasteiger charge is 2.34. The lowest BCUT2D eigenvalue weighted by Gasteiger charge is -2.40. The SMILES string of the molecule is CC1C(C(=O)O)CCCN1CC1CCOc2ccccc21. The van der Waals surface area contributed by atoms with Crippen molar-refractivity contribution in [3.05, 3.63) is 29.8 Å². The zero-order valence-corrected chi connectivity index (χ0v) is 12.5. The smallest absolute Gasteiger partial charge is 0.308 e. The van der Waals surface area contributed by atoms with E-state index in [0.717, 1.165) is 44.7 Å². The van der Waals surface area contributed by atoms with Gasteiger partial charge in [0.2, 0.25) is 0 Å². The van der Waals surface area contributed by atoms with Gasteiger partial charge < -0.3 is 9.84 Å². The van der Waals surface area contributed by atoms with Crippen molar-refractivity contribution in [3.8, 4) is 5.75 Å². The van der Waals surface area contributed by atoms with Crippen molar-refractivity contribution in [2.24, 2.45) is 5.92 Å². The van der Waals surface area contributed by atoms with Gasteiger partial charge in [0.25, 0.3) is 0 Å². The summed E-state index contributed by atoms with van der Waals surface area (Å²) in [6.45, 7) is 4.76. The minimum absolute atomic E-state index is 0.117. The van der Waals surface area contributed by atoms with Gasteiger partial charge in [-0.05, 0) is 44.4 Å².